The Morgan fingerprint density at radius 2 is 1.37 bits per heavy atom. The first-order chi connectivity index (χ1) is 8.92. The molecule has 0 aromatic carbocycles. The third kappa shape index (κ3) is 1.65. The van der Waals surface area contributed by atoms with E-state index >= 15 is 0 Å². The molecule has 2 rings (SSSR count). The zero-order valence-corrected chi connectivity index (χ0v) is 12.1. The molecule has 0 amide bonds. The lowest BCUT2D eigenvalue weighted by atomic mass is 9.59. The highest BCUT2D eigenvalue weighted by molar-refractivity contribution is 5.90. The van der Waals surface area contributed by atoms with Gasteiger partial charge >= 0.3 is 11.9 Å². The Bertz CT molecular complexity index is 390. The molecule has 2 aliphatic rings. The van der Waals surface area contributed by atoms with E-state index in [-0.39, 0.29) is 23.8 Å². The standard InChI is InChI=1S/C15H22O4/c1-5-18-12(16)14(3)10-7-8-11(9-10)15(14,4)13(17)19-6-2/h7-8,10-11H,5-6,9H2,1-4H3/t10-,11-,14?,15?/m1/s1. The van der Waals surface area contributed by atoms with E-state index in [0.29, 0.717) is 13.2 Å². The largest absolute Gasteiger partial charge is 0.466 e. The van der Waals surface area contributed by atoms with Gasteiger partial charge < -0.3 is 9.47 Å². The number of carbonyl (C=O) groups excluding carboxylic acids is 2. The van der Waals surface area contributed by atoms with E-state index in [4.69, 9.17) is 9.47 Å². The maximum atomic E-state index is 12.4. The van der Waals surface area contributed by atoms with Crippen LogP contribution in [0.1, 0.15) is 34.1 Å². The van der Waals surface area contributed by atoms with Gasteiger partial charge in [0.1, 0.15) is 0 Å². The maximum absolute atomic E-state index is 12.4. The van der Waals surface area contributed by atoms with Gasteiger partial charge in [0, 0.05) is 0 Å². The number of rotatable bonds is 4. The van der Waals surface area contributed by atoms with E-state index in [1.807, 2.05) is 26.0 Å². The van der Waals surface area contributed by atoms with Gasteiger partial charge in [0.15, 0.2) is 0 Å². The third-order valence-electron chi connectivity index (χ3n) is 5.04. The quantitative estimate of drug-likeness (QED) is 0.579. The molecule has 0 saturated heterocycles. The summed E-state index contributed by atoms with van der Waals surface area (Å²) in [5.41, 5.74) is -1.65. The number of ether oxygens (including phenoxy) is 2. The van der Waals surface area contributed by atoms with E-state index in [1.165, 1.54) is 0 Å². The minimum atomic E-state index is -0.825. The van der Waals surface area contributed by atoms with Gasteiger partial charge in [0.2, 0.25) is 0 Å². The molecule has 1 saturated carbocycles. The number of esters is 2. The summed E-state index contributed by atoms with van der Waals surface area (Å²) in [5.74, 6) is -0.457. The number of hydrogen-bond acceptors (Lipinski definition) is 4. The highest BCUT2D eigenvalue weighted by Crippen LogP contribution is 2.64. The molecule has 106 valence electrons. The summed E-state index contributed by atoms with van der Waals surface area (Å²) in [6.45, 7) is 7.91. The monoisotopic (exact) mass is 266 g/mol. The Labute approximate surface area is 114 Å². The molecule has 2 unspecified atom stereocenters. The van der Waals surface area contributed by atoms with E-state index in [2.05, 4.69) is 0 Å². The van der Waals surface area contributed by atoms with Crippen molar-refractivity contribution >= 4 is 11.9 Å². The second-order valence-corrected chi connectivity index (χ2v) is 5.68. The fourth-order valence-corrected chi connectivity index (χ4v) is 3.61. The third-order valence-corrected chi connectivity index (χ3v) is 5.04. The van der Waals surface area contributed by atoms with Crippen molar-refractivity contribution in [3.63, 3.8) is 0 Å². The van der Waals surface area contributed by atoms with E-state index < -0.39 is 10.8 Å². The fraction of sp³-hybridized carbons (Fsp3) is 0.733. The van der Waals surface area contributed by atoms with E-state index in [1.54, 1.807) is 13.8 Å². The highest BCUT2D eigenvalue weighted by Gasteiger charge is 2.69. The van der Waals surface area contributed by atoms with Gasteiger partial charge in [-0.25, -0.2) is 0 Å². The lowest BCUT2D eigenvalue weighted by Gasteiger charge is -2.43. The highest BCUT2D eigenvalue weighted by atomic mass is 16.5. The molecule has 1 fully saturated rings. The maximum Gasteiger partial charge on any atom is 0.313 e. The smallest absolute Gasteiger partial charge is 0.313 e. The van der Waals surface area contributed by atoms with Gasteiger partial charge in [0.25, 0.3) is 0 Å². The van der Waals surface area contributed by atoms with Crippen molar-refractivity contribution in [1.29, 1.82) is 0 Å². The molecule has 0 heterocycles. The average molecular weight is 266 g/mol. The predicted molar refractivity (Wildman–Crippen MR) is 70.2 cm³/mol. The normalized spacial score (nSPS) is 39.4. The van der Waals surface area contributed by atoms with Crippen LogP contribution in [-0.2, 0) is 19.1 Å². The molecule has 2 bridgehead atoms. The Morgan fingerprint density at radius 3 is 1.68 bits per heavy atom. The molecule has 0 aromatic rings. The van der Waals surface area contributed by atoms with Gasteiger partial charge in [-0.2, -0.15) is 0 Å². The van der Waals surface area contributed by atoms with Crippen molar-refractivity contribution in [2.75, 3.05) is 13.2 Å². The summed E-state index contributed by atoms with van der Waals surface area (Å²) < 4.78 is 10.4. The average Bonchev–Trinajstić information content (AvgIpc) is 2.93. The summed E-state index contributed by atoms with van der Waals surface area (Å²) in [6.07, 6.45) is 4.91. The molecule has 0 aliphatic heterocycles. The minimum absolute atomic E-state index is 0.0611. The number of allylic oxidation sites excluding steroid dienone is 2. The molecule has 4 nitrogen and oxygen atoms in total. The van der Waals surface area contributed by atoms with Crippen LogP contribution in [0, 0.1) is 22.7 Å². The van der Waals surface area contributed by atoms with Crippen molar-refractivity contribution in [2.24, 2.45) is 22.7 Å². The van der Waals surface area contributed by atoms with Crippen LogP contribution in [0.5, 0.6) is 0 Å². The number of fused-ring (bicyclic) bond motifs is 2. The minimum Gasteiger partial charge on any atom is -0.466 e. The van der Waals surface area contributed by atoms with Crippen LogP contribution in [-0.4, -0.2) is 25.2 Å². The first-order valence-corrected chi connectivity index (χ1v) is 6.95. The van der Waals surface area contributed by atoms with Crippen molar-refractivity contribution in [3.05, 3.63) is 12.2 Å². The summed E-state index contributed by atoms with van der Waals surface area (Å²) in [5, 5.41) is 0. The van der Waals surface area contributed by atoms with E-state index in [0.717, 1.165) is 6.42 Å². The molecule has 19 heavy (non-hydrogen) atoms. The van der Waals surface area contributed by atoms with Crippen LogP contribution in [0.2, 0.25) is 0 Å². The van der Waals surface area contributed by atoms with E-state index in [9.17, 15) is 9.59 Å². The molecule has 0 radical (unpaired) electrons. The lowest BCUT2D eigenvalue weighted by molar-refractivity contribution is -0.179. The zero-order valence-electron chi connectivity index (χ0n) is 12.1. The second-order valence-electron chi connectivity index (χ2n) is 5.68. The van der Waals surface area contributed by atoms with Crippen LogP contribution in [0.15, 0.2) is 12.2 Å². The number of carbonyl (C=O) groups is 2. The summed E-state index contributed by atoms with van der Waals surface area (Å²) in [6, 6.07) is 0. The summed E-state index contributed by atoms with van der Waals surface area (Å²) >= 11 is 0. The molecule has 4 heteroatoms. The van der Waals surface area contributed by atoms with Gasteiger partial charge in [-0.05, 0) is 46.0 Å². The molecule has 0 aromatic heterocycles. The Hall–Kier alpha value is -1.32. The molecule has 2 aliphatic carbocycles. The predicted octanol–water partition coefficient (Wildman–Crippen LogP) is 2.33. The lowest BCUT2D eigenvalue weighted by Crippen LogP contribution is -2.52. The summed E-state index contributed by atoms with van der Waals surface area (Å²) in [7, 11) is 0. The molecule has 0 spiro atoms. The van der Waals surface area contributed by atoms with Gasteiger partial charge in [-0.15, -0.1) is 0 Å². The van der Waals surface area contributed by atoms with Crippen LogP contribution >= 0.6 is 0 Å². The fourth-order valence-electron chi connectivity index (χ4n) is 3.61. The number of hydrogen-bond donors (Lipinski definition) is 0. The Kier molecular flexibility index (Phi) is 3.45. The molecular weight excluding hydrogens is 244 g/mol. The van der Waals surface area contributed by atoms with Crippen molar-refractivity contribution < 1.29 is 19.1 Å². The zero-order chi connectivity index (χ0) is 14.3. The second kappa shape index (κ2) is 4.66. The van der Waals surface area contributed by atoms with Gasteiger partial charge in [0.05, 0.1) is 24.0 Å². The Balaban J connectivity index is 2.42. The topological polar surface area (TPSA) is 52.6 Å². The molecular formula is C15H22O4. The Morgan fingerprint density at radius 1 is 1.00 bits per heavy atom. The van der Waals surface area contributed by atoms with Crippen LogP contribution in [0.4, 0.5) is 0 Å². The first kappa shape index (κ1) is 14.1. The van der Waals surface area contributed by atoms with Crippen LogP contribution in [0.25, 0.3) is 0 Å². The van der Waals surface area contributed by atoms with Crippen molar-refractivity contribution in [3.8, 4) is 0 Å². The van der Waals surface area contributed by atoms with Gasteiger partial charge in [-0.3, -0.25) is 9.59 Å². The first-order valence-electron chi connectivity index (χ1n) is 6.95. The van der Waals surface area contributed by atoms with Crippen LogP contribution in [0.3, 0.4) is 0 Å². The molecule has 4 atom stereocenters. The SMILES string of the molecule is CCOC(=O)C1(C)[C@@H]2C=C[C@H](C2)C1(C)C(=O)OCC. The molecule has 0 N–H and O–H groups in total. The van der Waals surface area contributed by atoms with Gasteiger partial charge in [-0.1, -0.05) is 12.2 Å². The van der Waals surface area contributed by atoms with Crippen LogP contribution < -0.4 is 0 Å². The summed E-state index contributed by atoms with van der Waals surface area (Å²) in [4.78, 5) is 24.8. The van der Waals surface area contributed by atoms with Crippen molar-refractivity contribution in [2.45, 2.75) is 34.1 Å². The van der Waals surface area contributed by atoms with Crippen molar-refractivity contribution in [1.82, 2.24) is 0 Å².